The van der Waals surface area contributed by atoms with Gasteiger partial charge in [0.2, 0.25) is 0 Å². The van der Waals surface area contributed by atoms with E-state index in [1.165, 1.54) is 0 Å². The molecule has 1 aromatic rings. The molecule has 2 rings (SSSR count). The van der Waals surface area contributed by atoms with Gasteiger partial charge in [0, 0.05) is 12.1 Å². The molecule has 4 heteroatoms. The van der Waals surface area contributed by atoms with Crippen LogP contribution < -0.4 is 10.4 Å². The molecule has 1 aliphatic carbocycles. The van der Waals surface area contributed by atoms with Gasteiger partial charge in [-0.3, -0.25) is 0 Å². The van der Waals surface area contributed by atoms with Crippen molar-refractivity contribution in [2.24, 2.45) is 5.73 Å². The summed E-state index contributed by atoms with van der Waals surface area (Å²) in [5, 5.41) is 8.44. The molecule has 0 bridgehead atoms. The molecule has 3 nitrogen and oxygen atoms in total. The standard InChI is InChI=1S/C9H9BNO2/c11-8-3-6-1-2-9(13-10-12)5-7(6)4-8/h1-3,5,12H,4,11H2. The number of hydrogen-bond acceptors (Lipinski definition) is 3. The second kappa shape index (κ2) is 3.14. The van der Waals surface area contributed by atoms with E-state index in [1.54, 1.807) is 6.07 Å². The molecule has 0 saturated carbocycles. The molecule has 1 radical (unpaired) electrons. The van der Waals surface area contributed by atoms with Crippen molar-refractivity contribution in [3.63, 3.8) is 0 Å². The molecule has 0 heterocycles. The SMILES string of the molecule is NC1=Cc2ccc(O[B]O)cc2C1. The third kappa shape index (κ3) is 1.53. The van der Waals surface area contributed by atoms with E-state index < -0.39 is 0 Å². The Morgan fingerprint density at radius 2 is 2.31 bits per heavy atom. The van der Waals surface area contributed by atoms with E-state index in [1.807, 2.05) is 18.2 Å². The average molecular weight is 174 g/mol. The Morgan fingerprint density at radius 3 is 3.08 bits per heavy atom. The van der Waals surface area contributed by atoms with Crippen LogP contribution in [0.4, 0.5) is 0 Å². The van der Waals surface area contributed by atoms with Crippen molar-refractivity contribution in [3.8, 4) is 5.75 Å². The van der Waals surface area contributed by atoms with Gasteiger partial charge in [-0.15, -0.1) is 0 Å². The highest BCUT2D eigenvalue weighted by Gasteiger charge is 2.10. The fourth-order valence-corrected chi connectivity index (χ4v) is 1.48. The Labute approximate surface area is 77.1 Å². The van der Waals surface area contributed by atoms with Crippen molar-refractivity contribution in [1.29, 1.82) is 0 Å². The monoisotopic (exact) mass is 174 g/mol. The van der Waals surface area contributed by atoms with Gasteiger partial charge in [0.05, 0.1) is 0 Å². The predicted octanol–water partition coefficient (Wildman–Crippen LogP) is 0.448. The van der Waals surface area contributed by atoms with Crippen molar-refractivity contribution in [2.75, 3.05) is 0 Å². The molecule has 0 amide bonds. The van der Waals surface area contributed by atoms with E-state index in [9.17, 15) is 0 Å². The van der Waals surface area contributed by atoms with Crippen LogP contribution in [0.15, 0.2) is 23.9 Å². The van der Waals surface area contributed by atoms with Crippen LogP contribution in [0.2, 0.25) is 0 Å². The fourth-order valence-electron chi connectivity index (χ4n) is 1.48. The zero-order valence-electron chi connectivity index (χ0n) is 7.03. The third-order valence-electron chi connectivity index (χ3n) is 2.04. The van der Waals surface area contributed by atoms with E-state index in [0.717, 1.165) is 23.2 Å². The predicted molar refractivity (Wildman–Crippen MR) is 50.9 cm³/mol. The molecule has 0 unspecified atom stereocenters. The van der Waals surface area contributed by atoms with Gasteiger partial charge >= 0.3 is 7.69 Å². The van der Waals surface area contributed by atoms with Crippen LogP contribution in [0.25, 0.3) is 6.08 Å². The summed E-state index contributed by atoms with van der Waals surface area (Å²) in [6.07, 6.45) is 2.71. The lowest BCUT2D eigenvalue weighted by molar-refractivity contribution is 0.453. The van der Waals surface area contributed by atoms with Gasteiger partial charge in [-0.25, -0.2) is 0 Å². The first-order chi connectivity index (χ1) is 6.29. The van der Waals surface area contributed by atoms with Gasteiger partial charge in [-0.05, 0) is 29.3 Å². The zero-order chi connectivity index (χ0) is 9.26. The molecule has 3 N–H and O–H groups in total. The zero-order valence-corrected chi connectivity index (χ0v) is 7.03. The van der Waals surface area contributed by atoms with Crippen LogP contribution in [0, 0.1) is 0 Å². The summed E-state index contributed by atoms with van der Waals surface area (Å²) in [7, 11) is 0.674. The minimum absolute atomic E-state index is 0.629. The molecular formula is C9H9BNO2. The quantitative estimate of drug-likeness (QED) is 0.639. The number of hydrogen-bond donors (Lipinski definition) is 2. The Morgan fingerprint density at radius 1 is 1.46 bits per heavy atom. The van der Waals surface area contributed by atoms with Crippen LogP contribution >= 0.6 is 0 Å². The highest BCUT2D eigenvalue weighted by molar-refractivity contribution is 6.17. The van der Waals surface area contributed by atoms with Crippen molar-refractivity contribution in [1.82, 2.24) is 0 Å². The lowest BCUT2D eigenvalue weighted by Gasteiger charge is -2.03. The molecule has 0 fully saturated rings. The number of nitrogens with two attached hydrogens (primary N) is 1. The topological polar surface area (TPSA) is 55.5 Å². The molecule has 1 aliphatic rings. The Hall–Kier alpha value is -1.42. The van der Waals surface area contributed by atoms with Gasteiger partial charge in [0.15, 0.2) is 0 Å². The highest BCUT2D eigenvalue weighted by Crippen LogP contribution is 2.26. The molecule has 65 valence electrons. The Bertz CT molecular complexity index is 363. The van der Waals surface area contributed by atoms with E-state index >= 15 is 0 Å². The minimum atomic E-state index is 0.629. The summed E-state index contributed by atoms with van der Waals surface area (Å²) in [6, 6.07) is 5.59. The molecule has 0 aliphatic heterocycles. The summed E-state index contributed by atoms with van der Waals surface area (Å²) < 4.78 is 4.83. The lowest BCUT2D eigenvalue weighted by atomic mass is 10.1. The number of fused-ring (bicyclic) bond motifs is 1. The molecule has 1 aromatic carbocycles. The summed E-state index contributed by atoms with van der Waals surface area (Å²) in [6.45, 7) is 0. The van der Waals surface area contributed by atoms with Gasteiger partial charge in [0.25, 0.3) is 0 Å². The van der Waals surface area contributed by atoms with Gasteiger partial charge in [-0.1, -0.05) is 6.07 Å². The third-order valence-corrected chi connectivity index (χ3v) is 2.04. The van der Waals surface area contributed by atoms with Crippen LogP contribution in [0.5, 0.6) is 5.75 Å². The second-order valence-electron chi connectivity index (χ2n) is 2.98. The smallest absolute Gasteiger partial charge is 0.537 e. The maximum Gasteiger partial charge on any atom is 0.569 e. The molecule has 0 saturated heterocycles. The van der Waals surface area contributed by atoms with Gasteiger partial charge in [-0.2, -0.15) is 0 Å². The highest BCUT2D eigenvalue weighted by atomic mass is 16.5. The Balaban J connectivity index is 2.29. The van der Waals surface area contributed by atoms with E-state index in [-0.39, 0.29) is 0 Å². The summed E-state index contributed by atoms with van der Waals surface area (Å²) in [4.78, 5) is 0. The maximum absolute atomic E-state index is 8.44. The first-order valence-corrected chi connectivity index (χ1v) is 4.01. The van der Waals surface area contributed by atoms with Crippen molar-refractivity contribution in [2.45, 2.75) is 6.42 Å². The van der Waals surface area contributed by atoms with Gasteiger partial charge < -0.3 is 15.4 Å². The van der Waals surface area contributed by atoms with Crippen LogP contribution in [0.1, 0.15) is 11.1 Å². The Kier molecular flexibility index (Phi) is 1.98. The number of benzene rings is 1. The number of allylic oxidation sites excluding steroid dienone is 1. The summed E-state index contributed by atoms with van der Waals surface area (Å²) in [5.74, 6) is 0.629. The van der Waals surface area contributed by atoms with Gasteiger partial charge in [0.1, 0.15) is 5.75 Å². The van der Waals surface area contributed by atoms with E-state index in [4.69, 9.17) is 15.4 Å². The minimum Gasteiger partial charge on any atom is -0.537 e. The number of rotatable bonds is 2. The van der Waals surface area contributed by atoms with E-state index in [0.29, 0.717) is 13.4 Å². The largest absolute Gasteiger partial charge is 0.569 e. The fraction of sp³-hybridized carbons (Fsp3) is 0.111. The summed E-state index contributed by atoms with van der Waals surface area (Å²) >= 11 is 0. The van der Waals surface area contributed by atoms with Crippen molar-refractivity contribution in [3.05, 3.63) is 35.0 Å². The molecule has 0 aromatic heterocycles. The molecule has 0 spiro atoms. The normalized spacial score (nSPS) is 13.5. The molecular weight excluding hydrogens is 165 g/mol. The first kappa shape index (κ1) is 8.20. The lowest BCUT2D eigenvalue weighted by Crippen LogP contribution is -2.00. The van der Waals surface area contributed by atoms with Crippen molar-refractivity contribution < 1.29 is 9.68 Å². The molecule has 0 atom stereocenters. The second-order valence-corrected chi connectivity index (χ2v) is 2.98. The molecule has 13 heavy (non-hydrogen) atoms. The van der Waals surface area contributed by atoms with Crippen LogP contribution in [-0.4, -0.2) is 12.7 Å². The van der Waals surface area contributed by atoms with Crippen LogP contribution in [0.3, 0.4) is 0 Å². The van der Waals surface area contributed by atoms with Crippen LogP contribution in [-0.2, 0) is 6.42 Å². The summed E-state index contributed by atoms with van der Waals surface area (Å²) in [5.41, 5.74) is 8.80. The van der Waals surface area contributed by atoms with E-state index in [2.05, 4.69) is 0 Å². The maximum atomic E-state index is 8.44. The first-order valence-electron chi connectivity index (χ1n) is 4.01. The average Bonchev–Trinajstić information content (AvgIpc) is 2.44. The van der Waals surface area contributed by atoms with Crippen molar-refractivity contribution >= 4 is 13.8 Å².